The van der Waals surface area contributed by atoms with Gasteiger partial charge in [-0.05, 0) is 26.9 Å². The van der Waals surface area contributed by atoms with Gasteiger partial charge in [-0.2, -0.15) is 0 Å². The average molecular weight is 185 g/mol. The molecule has 0 rings (SSSR count). The van der Waals surface area contributed by atoms with Crippen molar-refractivity contribution in [1.29, 1.82) is 0 Å². The summed E-state index contributed by atoms with van der Waals surface area (Å²) in [6.45, 7) is 14.7. The maximum absolute atomic E-state index is 3.83. The lowest BCUT2D eigenvalue weighted by atomic mass is 10.2. The molecule has 0 fully saturated rings. The summed E-state index contributed by atoms with van der Waals surface area (Å²) in [5.41, 5.74) is 1.27. The molecule has 0 N–H and O–H groups in total. The van der Waals surface area contributed by atoms with Gasteiger partial charge in [0, 0.05) is 6.54 Å². The van der Waals surface area contributed by atoms with E-state index in [-0.39, 0.29) is 0 Å². The van der Waals surface area contributed by atoms with E-state index in [9.17, 15) is 0 Å². The monoisotopic (exact) mass is 185 g/mol. The summed E-state index contributed by atoms with van der Waals surface area (Å²) in [6, 6.07) is 0. The summed E-state index contributed by atoms with van der Waals surface area (Å²) in [5, 5.41) is 0. The van der Waals surface area contributed by atoms with E-state index in [4.69, 9.17) is 0 Å². The normalized spacial score (nSPS) is 9.38. The molecular weight excluding hydrogens is 158 g/mol. The van der Waals surface area contributed by atoms with Crippen molar-refractivity contribution in [1.82, 2.24) is 4.90 Å². The highest BCUT2D eigenvalue weighted by atomic mass is 15.1. The highest BCUT2D eigenvalue weighted by molar-refractivity contribution is 4.88. The second-order valence-corrected chi connectivity index (χ2v) is 3.60. The van der Waals surface area contributed by atoms with Crippen LogP contribution in [0.4, 0.5) is 0 Å². The Bertz CT molecular complexity index is 106. The number of hydrogen-bond acceptors (Lipinski definition) is 1. The van der Waals surface area contributed by atoms with E-state index < -0.39 is 0 Å². The van der Waals surface area contributed by atoms with Gasteiger partial charge in [0.15, 0.2) is 0 Å². The first-order valence-electron chi connectivity index (χ1n) is 5.41. The van der Waals surface area contributed by atoms with Crippen molar-refractivity contribution < 1.29 is 0 Å². The number of unbranched alkanes of at least 4 members (excludes halogenated alkanes) is 1. The van der Waals surface area contributed by atoms with Crippen LogP contribution in [0, 0.1) is 0 Å². The smallest absolute Gasteiger partial charge is 0.00152 e. The van der Waals surface area contributed by atoms with Crippen LogP contribution < -0.4 is 0 Å². The minimum absolute atomic E-state index is 1.13. The molecule has 0 aliphatic carbocycles. The van der Waals surface area contributed by atoms with Crippen molar-refractivity contribution in [3.05, 3.63) is 12.2 Å². The zero-order chi connectivity index (χ0) is 10.7. The SMILES string of the molecule is C=C(C)CCN(C)CC.CCCC. The van der Waals surface area contributed by atoms with Crippen LogP contribution in [-0.2, 0) is 0 Å². The van der Waals surface area contributed by atoms with Crippen LogP contribution >= 0.6 is 0 Å². The largest absolute Gasteiger partial charge is 0.306 e. The lowest BCUT2D eigenvalue weighted by Crippen LogP contribution is -2.18. The van der Waals surface area contributed by atoms with Crippen LogP contribution in [-0.4, -0.2) is 25.0 Å². The van der Waals surface area contributed by atoms with Gasteiger partial charge in [0.1, 0.15) is 0 Å². The Labute approximate surface area is 84.8 Å². The van der Waals surface area contributed by atoms with Gasteiger partial charge < -0.3 is 4.90 Å². The Balaban J connectivity index is 0. The van der Waals surface area contributed by atoms with Crippen LogP contribution in [0.3, 0.4) is 0 Å². The summed E-state index contributed by atoms with van der Waals surface area (Å²) in [7, 11) is 2.13. The van der Waals surface area contributed by atoms with Crippen molar-refractivity contribution in [3.63, 3.8) is 0 Å². The van der Waals surface area contributed by atoms with Gasteiger partial charge in [-0.25, -0.2) is 0 Å². The first kappa shape index (κ1) is 15.2. The van der Waals surface area contributed by atoms with Crippen molar-refractivity contribution >= 4 is 0 Å². The standard InChI is InChI=1S/C8H17N.C4H10/c1-5-9(4)7-6-8(2)3;1-3-4-2/h2,5-7H2,1,3-4H3;3-4H2,1-2H3. The molecule has 0 aromatic heterocycles. The Hall–Kier alpha value is -0.300. The predicted molar refractivity (Wildman–Crippen MR) is 63.2 cm³/mol. The molecule has 0 saturated heterocycles. The molecule has 0 aliphatic rings. The van der Waals surface area contributed by atoms with E-state index in [0.717, 1.165) is 19.5 Å². The summed E-state index contributed by atoms with van der Waals surface area (Å²) in [6.07, 6.45) is 3.77. The number of nitrogens with zero attached hydrogens (tertiary/aromatic N) is 1. The highest BCUT2D eigenvalue weighted by Gasteiger charge is 1.92. The van der Waals surface area contributed by atoms with E-state index in [1.165, 1.54) is 18.4 Å². The van der Waals surface area contributed by atoms with E-state index in [1.807, 2.05) is 0 Å². The van der Waals surface area contributed by atoms with Crippen molar-refractivity contribution in [2.24, 2.45) is 0 Å². The van der Waals surface area contributed by atoms with E-state index >= 15 is 0 Å². The molecule has 0 saturated carbocycles. The second-order valence-electron chi connectivity index (χ2n) is 3.60. The van der Waals surface area contributed by atoms with Crippen molar-refractivity contribution in [2.45, 2.75) is 47.0 Å². The molecule has 0 amide bonds. The minimum Gasteiger partial charge on any atom is -0.306 e. The molecule has 80 valence electrons. The fraction of sp³-hybridized carbons (Fsp3) is 0.833. The Morgan fingerprint density at radius 2 is 1.62 bits per heavy atom. The molecule has 0 atom stereocenters. The second kappa shape index (κ2) is 11.7. The minimum atomic E-state index is 1.13. The molecule has 0 spiro atoms. The van der Waals surface area contributed by atoms with E-state index in [1.54, 1.807) is 0 Å². The Morgan fingerprint density at radius 3 is 1.85 bits per heavy atom. The van der Waals surface area contributed by atoms with E-state index in [2.05, 4.69) is 46.2 Å². The van der Waals surface area contributed by atoms with Crippen molar-refractivity contribution in [3.8, 4) is 0 Å². The van der Waals surface area contributed by atoms with Crippen LogP contribution in [0.1, 0.15) is 47.0 Å². The molecule has 0 aromatic carbocycles. The first-order valence-corrected chi connectivity index (χ1v) is 5.41. The summed E-state index contributed by atoms with van der Waals surface area (Å²) in [4.78, 5) is 2.29. The molecule has 0 bridgehead atoms. The molecule has 0 heterocycles. The van der Waals surface area contributed by atoms with Gasteiger partial charge in [0.2, 0.25) is 0 Å². The van der Waals surface area contributed by atoms with Crippen molar-refractivity contribution in [2.75, 3.05) is 20.1 Å². The molecule has 1 heteroatoms. The summed E-state index contributed by atoms with van der Waals surface area (Å²) >= 11 is 0. The fourth-order valence-corrected chi connectivity index (χ4v) is 0.540. The third-order valence-corrected chi connectivity index (χ3v) is 1.96. The van der Waals surface area contributed by atoms with Crippen LogP contribution in [0.2, 0.25) is 0 Å². The van der Waals surface area contributed by atoms with Gasteiger partial charge in [0.05, 0.1) is 0 Å². The molecule has 0 radical (unpaired) electrons. The molecule has 13 heavy (non-hydrogen) atoms. The third kappa shape index (κ3) is 18.6. The molecule has 1 nitrogen and oxygen atoms in total. The zero-order valence-corrected chi connectivity index (χ0v) is 10.2. The summed E-state index contributed by atoms with van der Waals surface area (Å²) in [5.74, 6) is 0. The number of rotatable bonds is 5. The maximum Gasteiger partial charge on any atom is 0.00152 e. The zero-order valence-electron chi connectivity index (χ0n) is 10.2. The topological polar surface area (TPSA) is 3.24 Å². The van der Waals surface area contributed by atoms with Gasteiger partial charge in [-0.15, -0.1) is 6.58 Å². The molecule has 0 aliphatic heterocycles. The molecular formula is C12H27N. The first-order chi connectivity index (χ1) is 6.08. The van der Waals surface area contributed by atoms with Crippen LogP contribution in [0.15, 0.2) is 12.2 Å². The quantitative estimate of drug-likeness (QED) is 0.590. The Morgan fingerprint density at radius 1 is 1.15 bits per heavy atom. The lowest BCUT2D eigenvalue weighted by Gasteiger charge is -2.12. The fourth-order valence-electron chi connectivity index (χ4n) is 0.540. The predicted octanol–water partition coefficient (Wildman–Crippen LogP) is 3.71. The van der Waals surface area contributed by atoms with Crippen LogP contribution in [0.5, 0.6) is 0 Å². The molecule has 0 unspecified atom stereocenters. The van der Waals surface area contributed by atoms with Gasteiger partial charge >= 0.3 is 0 Å². The molecule has 0 aromatic rings. The van der Waals surface area contributed by atoms with Crippen LogP contribution in [0.25, 0.3) is 0 Å². The lowest BCUT2D eigenvalue weighted by molar-refractivity contribution is 0.357. The van der Waals surface area contributed by atoms with E-state index in [0.29, 0.717) is 0 Å². The summed E-state index contributed by atoms with van der Waals surface area (Å²) < 4.78 is 0. The highest BCUT2D eigenvalue weighted by Crippen LogP contribution is 1.95. The van der Waals surface area contributed by atoms with Gasteiger partial charge in [-0.3, -0.25) is 0 Å². The average Bonchev–Trinajstić information content (AvgIpc) is 2.14. The van der Waals surface area contributed by atoms with Gasteiger partial charge in [-0.1, -0.05) is 39.2 Å². The van der Waals surface area contributed by atoms with Gasteiger partial charge in [0.25, 0.3) is 0 Å². The third-order valence-electron chi connectivity index (χ3n) is 1.96. The number of hydrogen-bond donors (Lipinski definition) is 0. The Kier molecular flexibility index (Phi) is 13.7. The maximum atomic E-state index is 3.83.